The Hall–Kier alpha value is -2.49. The van der Waals surface area contributed by atoms with E-state index in [1.807, 2.05) is 0 Å². The van der Waals surface area contributed by atoms with Gasteiger partial charge in [0.05, 0.1) is 6.26 Å². The van der Waals surface area contributed by atoms with Crippen molar-refractivity contribution in [3.05, 3.63) is 60.1 Å². The van der Waals surface area contributed by atoms with Crippen molar-refractivity contribution in [2.75, 3.05) is 0 Å². The van der Waals surface area contributed by atoms with Gasteiger partial charge in [0.1, 0.15) is 11.7 Å². The van der Waals surface area contributed by atoms with Crippen LogP contribution in [0.3, 0.4) is 0 Å². The SMILES string of the molecule is CC(=O)C(C(=O)c1ccccc1)C(=O)c1ccco1. The Kier molecular flexibility index (Phi) is 3.71. The Morgan fingerprint density at radius 3 is 2.16 bits per heavy atom. The van der Waals surface area contributed by atoms with Crippen molar-refractivity contribution >= 4 is 17.3 Å². The fraction of sp³-hybridized carbons (Fsp3) is 0.133. The van der Waals surface area contributed by atoms with Crippen LogP contribution in [-0.4, -0.2) is 17.3 Å². The zero-order chi connectivity index (χ0) is 13.8. The zero-order valence-electron chi connectivity index (χ0n) is 10.3. The molecule has 1 aromatic heterocycles. The van der Waals surface area contributed by atoms with Crippen molar-refractivity contribution in [2.45, 2.75) is 6.92 Å². The molecule has 2 rings (SSSR count). The molecule has 0 saturated carbocycles. The van der Waals surface area contributed by atoms with Gasteiger partial charge in [0, 0.05) is 5.56 Å². The van der Waals surface area contributed by atoms with E-state index in [0.717, 1.165) is 0 Å². The van der Waals surface area contributed by atoms with Crippen LogP contribution in [0.1, 0.15) is 27.8 Å². The average Bonchev–Trinajstić information content (AvgIpc) is 2.93. The number of carbonyl (C=O) groups is 3. The molecular weight excluding hydrogens is 244 g/mol. The predicted molar refractivity (Wildman–Crippen MR) is 68.0 cm³/mol. The van der Waals surface area contributed by atoms with Gasteiger partial charge in [0.15, 0.2) is 11.5 Å². The number of carbonyl (C=O) groups excluding carboxylic acids is 3. The Morgan fingerprint density at radius 1 is 0.947 bits per heavy atom. The average molecular weight is 256 g/mol. The monoisotopic (exact) mass is 256 g/mol. The van der Waals surface area contributed by atoms with Crippen LogP contribution in [0.4, 0.5) is 0 Å². The van der Waals surface area contributed by atoms with Crippen LogP contribution in [0.2, 0.25) is 0 Å². The Labute approximate surface area is 110 Å². The minimum atomic E-state index is -1.34. The van der Waals surface area contributed by atoms with Crippen molar-refractivity contribution in [1.82, 2.24) is 0 Å². The molecule has 1 heterocycles. The van der Waals surface area contributed by atoms with Gasteiger partial charge >= 0.3 is 0 Å². The first-order valence-corrected chi connectivity index (χ1v) is 5.78. The smallest absolute Gasteiger partial charge is 0.216 e. The second kappa shape index (κ2) is 5.44. The van der Waals surface area contributed by atoms with Crippen molar-refractivity contribution in [2.24, 2.45) is 5.92 Å². The van der Waals surface area contributed by atoms with Crippen LogP contribution >= 0.6 is 0 Å². The molecule has 0 aliphatic rings. The van der Waals surface area contributed by atoms with Gasteiger partial charge in [-0.1, -0.05) is 30.3 Å². The molecule has 1 aromatic carbocycles. The summed E-state index contributed by atoms with van der Waals surface area (Å²) in [6.45, 7) is 1.23. The van der Waals surface area contributed by atoms with E-state index >= 15 is 0 Å². The van der Waals surface area contributed by atoms with Crippen LogP contribution in [-0.2, 0) is 4.79 Å². The summed E-state index contributed by atoms with van der Waals surface area (Å²) in [5.41, 5.74) is 0.336. The summed E-state index contributed by atoms with van der Waals surface area (Å²) >= 11 is 0. The summed E-state index contributed by atoms with van der Waals surface area (Å²) in [6.07, 6.45) is 1.33. The molecule has 4 nitrogen and oxygen atoms in total. The number of hydrogen-bond acceptors (Lipinski definition) is 4. The molecule has 0 spiro atoms. The maximum absolute atomic E-state index is 12.2. The number of hydrogen-bond donors (Lipinski definition) is 0. The maximum Gasteiger partial charge on any atom is 0.216 e. The number of furan rings is 1. The van der Waals surface area contributed by atoms with E-state index in [2.05, 4.69) is 0 Å². The first kappa shape index (κ1) is 13.0. The number of Topliss-reactive ketones (excluding diaryl/α,β-unsaturated/α-hetero) is 3. The lowest BCUT2D eigenvalue weighted by Gasteiger charge is -2.10. The van der Waals surface area contributed by atoms with E-state index in [0.29, 0.717) is 5.56 Å². The van der Waals surface area contributed by atoms with Crippen molar-refractivity contribution in [3.63, 3.8) is 0 Å². The number of ketones is 3. The highest BCUT2D eigenvalue weighted by Crippen LogP contribution is 2.16. The molecule has 4 heteroatoms. The normalized spacial score (nSPS) is 11.8. The Balaban J connectivity index is 2.34. The molecule has 0 amide bonds. The fourth-order valence-corrected chi connectivity index (χ4v) is 1.82. The third-order valence-corrected chi connectivity index (χ3v) is 2.75. The van der Waals surface area contributed by atoms with Gasteiger partial charge in [0.2, 0.25) is 5.78 Å². The minimum Gasteiger partial charge on any atom is -0.461 e. The summed E-state index contributed by atoms with van der Waals surface area (Å²) in [6, 6.07) is 11.3. The lowest BCUT2D eigenvalue weighted by atomic mass is 9.89. The summed E-state index contributed by atoms with van der Waals surface area (Å²) < 4.78 is 4.96. The van der Waals surface area contributed by atoms with E-state index in [1.165, 1.54) is 25.3 Å². The molecule has 1 atom stereocenters. The molecule has 2 aromatic rings. The van der Waals surface area contributed by atoms with Crippen LogP contribution < -0.4 is 0 Å². The molecule has 0 saturated heterocycles. The van der Waals surface area contributed by atoms with Gasteiger partial charge in [-0.15, -0.1) is 0 Å². The molecule has 0 radical (unpaired) electrons. The van der Waals surface area contributed by atoms with Gasteiger partial charge in [-0.05, 0) is 19.1 Å². The van der Waals surface area contributed by atoms with Crippen LogP contribution in [0.25, 0.3) is 0 Å². The van der Waals surface area contributed by atoms with Crippen molar-refractivity contribution in [1.29, 1.82) is 0 Å². The molecule has 0 aliphatic carbocycles. The first-order chi connectivity index (χ1) is 9.11. The summed E-state index contributed by atoms with van der Waals surface area (Å²) in [5, 5.41) is 0. The van der Waals surface area contributed by atoms with Gasteiger partial charge in [-0.25, -0.2) is 0 Å². The second-order valence-electron chi connectivity index (χ2n) is 4.12. The third kappa shape index (κ3) is 2.68. The molecule has 0 aliphatic heterocycles. The maximum atomic E-state index is 12.2. The number of benzene rings is 1. The van der Waals surface area contributed by atoms with E-state index in [4.69, 9.17) is 4.42 Å². The van der Waals surface area contributed by atoms with Crippen molar-refractivity contribution in [3.8, 4) is 0 Å². The number of rotatable bonds is 5. The topological polar surface area (TPSA) is 64.3 Å². The molecule has 1 unspecified atom stereocenters. The van der Waals surface area contributed by atoms with Gasteiger partial charge in [-0.3, -0.25) is 14.4 Å². The zero-order valence-corrected chi connectivity index (χ0v) is 10.3. The van der Waals surface area contributed by atoms with E-state index < -0.39 is 23.3 Å². The molecule has 0 bridgehead atoms. The quantitative estimate of drug-likeness (QED) is 0.609. The van der Waals surface area contributed by atoms with Crippen LogP contribution in [0.5, 0.6) is 0 Å². The van der Waals surface area contributed by atoms with Crippen LogP contribution in [0, 0.1) is 5.92 Å². The third-order valence-electron chi connectivity index (χ3n) is 2.75. The minimum absolute atomic E-state index is 0.0180. The first-order valence-electron chi connectivity index (χ1n) is 5.78. The summed E-state index contributed by atoms with van der Waals surface area (Å²) in [7, 11) is 0. The molecule has 0 N–H and O–H groups in total. The largest absolute Gasteiger partial charge is 0.461 e. The predicted octanol–water partition coefficient (Wildman–Crippen LogP) is 2.55. The van der Waals surface area contributed by atoms with E-state index in [-0.39, 0.29) is 5.76 Å². The fourth-order valence-electron chi connectivity index (χ4n) is 1.82. The highest BCUT2D eigenvalue weighted by atomic mass is 16.3. The molecule has 96 valence electrons. The van der Waals surface area contributed by atoms with E-state index in [9.17, 15) is 14.4 Å². The second-order valence-corrected chi connectivity index (χ2v) is 4.12. The van der Waals surface area contributed by atoms with Gasteiger partial charge < -0.3 is 4.42 Å². The lowest BCUT2D eigenvalue weighted by Crippen LogP contribution is -2.30. The molecule has 19 heavy (non-hydrogen) atoms. The standard InChI is InChI=1S/C15H12O4/c1-10(16)13(15(18)12-8-5-9-19-12)14(17)11-6-3-2-4-7-11/h2-9,13H,1H3. The molecular formula is C15H12O4. The lowest BCUT2D eigenvalue weighted by molar-refractivity contribution is -0.118. The highest BCUT2D eigenvalue weighted by Gasteiger charge is 2.33. The Morgan fingerprint density at radius 2 is 1.63 bits per heavy atom. The van der Waals surface area contributed by atoms with Crippen LogP contribution in [0.15, 0.2) is 53.1 Å². The van der Waals surface area contributed by atoms with Gasteiger partial charge in [-0.2, -0.15) is 0 Å². The molecule has 0 fully saturated rings. The summed E-state index contributed by atoms with van der Waals surface area (Å²) in [4.78, 5) is 36.0. The highest BCUT2D eigenvalue weighted by molar-refractivity contribution is 6.26. The van der Waals surface area contributed by atoms with E-state index in [1.54, 1.807) is 30.3 Å². The summed E-state index contributed by atoms with van der Waals surface area (Å²) in [5.74, 6) is -2.92. The van der Waals surface area contributed by atoms with Gasteiger partial charge in [0.25, 0.3) is 0 Å². The Bertz CT molecular complexity index is 596. The van der Waals surface area contributed by atoms with Crippen molar-refractivity contribution < 1.29 is 18.8 Å².